The van der Waals surface area contributed by atoms with Crippen molar-refractivity contribution in [2.75, 3.05) is 0 Å². The predicted octanol–water partition coefficient (Wildman–Crippen LogP) is 9.38. The van der Waals surface area contributed by atoms with Gasteiger partial charge in [0.1, 0.15) is 4.33 Å². The van der Waals surface area contributed by atoms with E-state index < -0.39 is 4.33 Å². The summed E-state index contributed by atoms with van der Waals surface area (Å²) < 4.78 is -0.774. The lowest BCUT2D eigenvalue weighted by Crippen LogP contribution is -2.17. The van der Waals surface area contributed by atoms with Gasteiger partial charge in [0, 0.05) is 11.8 Å². The molecule has 0 atom stereocenters. The summed E-state index contributed by atoms with van der Waals surface area (Å²) in [7, 11) is 0. The van der Waals surface area contributed by atoms with Crippen molar-refractivity contribution in [1.82, 2.24) is 0 Å². The zero-order valence-corrected chi connectivity index (χ0v) is 20.3. The monoisotopic (exact) mass is 472 g/mol. The van der Waals surface area contributed by atoms with E-state index in [9.17, 15) is 0 Å². The van der Waals surface area contributed by atoms with Gasteiger partial charge in [-0.2, -0.15) is 0 Å². The zero-order valence-electron chi connectivity index (χ0n) is 18.8. The number of benzene rings is 4. The first-order valence-corrected chi connectivity index (χ1v) is 12.5. The van der Waals surface area contributed by atoms with Crippen LogP contribution in [0.1, 0.15) is 59.8 Å². The fourth-order valence-corrected chi connectivity index (χ4v) is 5.07. The molecule has 0 aliphatic heterocycles. The Morgan fingerprint density at radius 3 is 0.909 bits per heavy atom. The molecule has 0 aliphatic rings. The summed E-state index contributed by atoms with van der Waals surface area (Å²) in [4.78, 5) is 0. The quantitative estimate of drug-likeness (QED) is 0.201. The summed E-state index contributed by atoms with van der Waals surface area (Å²) in [6.45, 7) is 0. The normalized spacial score (nSPS) is 11.8. The van der Waals surface area contributed by atoms with Gasteiger partial charge in [0.05, 0.1) is 0 Å². The minimum absolute atomic E-state index is 0.281. The van der Waals surface area contributed by atoms with Crippen LogP contribution in [0.15, 0.2) is 121 Å². The molecule has 0 radical (unpaired) electrons. The smallest absolute Gasteiger partial charge is 0.102 e. The summed E-state index contributed by atoms with van der Waals surface area (Å²) in [6, 6.07) is 42.6. The van der Waals surface area contributed by atoms with E-state index in [1.807, 2.05) is 0 Å². The second kappa shape index (κ2) is 11.5. The van der Waals surface area contributed by atoms with Crippen LogP contribution in [0.25, 0.3) is 0 Å². The molecular formula is C31H30Cl2. The number of hydrogen-bond acceptors (Lipinski definition) is 0. The van der Waals surface area contributed by atoms with Crippen molar-refractivity contribution < 1.29 is 0 Å². The molecule has 4 rings (SSSR count). The average Bonchev–Trinajstić information content (AvgIpc) is 2.87. The van der Waals surface area contributed by atoms with Gasteiger partial charge in [-0.15, -0.1) is 23.2 Å². The van der Waals surface area contributed by atoms with Crippen LogP contribution in [0.5, 0.6) is 0 Å². The van der Waals surface area contributed by atoms with E-state index in [-0.39, 0.29) is 11.8 Å². The maximum Gasteiger partial charge on any atom is 0.118 e. The number of alkyl halides is 2. The van der Waals surface area contributed by atoms with E-state index in [4.69, 9.17) is 23.2 Å². The largest absolute Gasteiger partial charge is 0.118 e. The Balaban J connectivity index is 1.47. The molecule has 33 heavy (non-hydrogen) atoms. The molecule has 0 nitrogen and oxygen atoms in total. The third kappa shape index (κ3) is 6.73. The fraction of sp³-hybridized carbons (Fsp3) is 0.226. The second-order valence-corrected chi connectivity index (χ2v) is 10.3. The summed E-state index contributed by atoms with van der Waals surface area (Å²) >= 11 is 13.9. The molecule has 0 unspecified atom stereocenters. The van der Waals surface area contributed by atoms with Crippen LogP contribution in [0, 0.1) is 0 Å². The Hall–Kier alpha value is -2.54. The van der Waals surface area contributed by atoms with E-state index in [1.165, 1.54) is 22.3 Å². The van der Waals surface area contributed by atoms with E-state index in [0.29, 0.717) is 0 Å². The van der Waals surface area contributed by atoms with Gasteiger partial charge in [0.15, 0.2) is 0 Å². The van der Waals surface area contributed by atoms with Crippen molar-refractivity contribution in [3.8, 4) is 0 Å². The van der Waals surface area contributed by atoms with Crippen LogP contribution in [-0.4, -0.2) is 4.33 Å². The average molecular weight is 473 g/mol. The first kappa shape index (κ1) is 23.6. The highest BCUT2D eigenvalue weighted by molar-refractivity contribution is 6.48. The van der Waals surface area contributed by atoms with Gasteiger partial charge in [-0.3, -0.25) is 0 Å². The van der Waals surface area contributed by atoms with Crippen molar-refractivity contribution in [3.63, 3.8) is 0 Å². The molecule has 0 spiro atoms. The third-order valence-corrected chi connectivity index (χ3v) is 7.16. The molecule has 0 amide bonds. The first-order valence-electron chi connectivity index (χ1n) is 11.7. The molecule has 2 heteroatoms. The van der Waals surface area contributed by atoms with Crippen LogP contribution >= 0.6 is 23.2 Å². The Kier molecular flexibility index (Phi) is 8.26. The molecule has 0 saturated heterocycles. The molecule has 0 fully saturated rings. The van der Waals surface area contributed by atoms with Crippen LogP contribution < -0.4 is 0 Å². The Morgan fingerprint density at radius 1 is 0.424 bits per heavy atom. The summed E-state index contributed by atoms with van der Waals surface area (Å²) in [5.41, 5.74) is 5.22. The lowest BCUT2D eigenvalue weighted by molar-refractivity contribution is 0.537. The third-order valence-electron chi connectivity index (χ3n) is 6.41. The van der Waals surface area contributed by atoms with Gasteiger partial charge in [-0.25, -0.2) is 0 Å². The van der Waals surface area contributed by atoms with Gasteiger partial charge < -0.3 is 0 Å². The molecule has 168 valence electrons. The van der Waals surface area contributed by atoms with E-state index in [1.54, 1.807) is 0 Å². The number of halogens is 2. The van der Waals surface area contributed by atoms with Crippen LogP contribution in [0.2, 0.25) is 0 Å². The van der Waals surface area contributed by atoms with Crippen molar-refractivity contribution in [2.24, 2.45) is 0 Å². The van der Waals surface area contributed by atoms with Crippen LogP contribution in [0.3, 0.4) is 0 Å². The maximum atomic E-state index is 6.94. The Morgan fingerprint density at radius 2 is 0.667 bits per heavy atom. The van der Waals surface area contributed by atoms with Crippen LogP contribution in [-0.2, 0) is 0 Å². The van der Waals surface area contributed by atoms with Crippen molar-refractivity contribution in [2.45, 2.75) is 41.9 Å². The second-order valence-electron chi connectivity index (χ2n) is 8.68. The molecule has 0 heterocycles. The molecule has 4 aromatic carbocycles. The van der Waals surface area contributed by atoms with Crippen molar-refractivity contribution in [3.05, 3.63) is 144 Å². The first-order chi connectivity index (χ1) is 16.1. The standard InChI is InChI=1S/C31H30Cl2/c32-31(33,23-21-29(25-13-5-1-6-14-25)26-15-7-2-8-16-26)24-22-30(27-17-9-3-10-18-27)28-19-11-4-12-20-28/h1-20,29-30H,21-24H2. The minimum atomic E-state index is -0.774. The minimum Gasteiger partial charge on any atom is -0.102 e. The summed E-state index contributed by atoms with van der Waals surface area (Å²) in [5, 5.41) is 0. The fourth-order valence-electron chi connectivity index (χ4n) is 4.63. The Bertz CT molecular complexity index is 909. The highest BCUT2D eigenvalue weighted by Crippen LogP contribution is 2.41. The van der Waals surface area contributed by atoms with E-state index >= 15 is 0 Å². The molecule has 0 bridgehead atoms. The summed E-state index contributed by atoms with van der Waals surface area (Å²) in [5.74, 6) is 0.562. The van der Waals surface area contributed by atoms with Gasteiger partial charge >= 0.3 is 0 Å². The zero-order chi connectivity index (χ0) is 22.9. The Labute approximate surface area is 208 Å². The molecule has 0 aromatic heterocycles. The maximum absolute atomic E-state index is 6.94. The summed E-state index contributed by atoms with van der Waals surface area (Å²) in [6.07, 6.45) is 3.28. The van der Waals surface area contributed by atoms with Gasteiger partial charge in [0.25, 0.3) is 0 Å². The van der Waals surface area contributed by atoms with Gasteiger partial charge in [-0.05, 0) is 47.9 Å². The van der Waals surface area contributed by atoms with Crippen molar-refractivity contribution in [1.29, 1.82) is 0 Å². The highest BCUT2D eigenvalue weighted by atomic mass is 35.5. The molecule has 4 aromatic rings. The molecule has 0 saturated carbocycles. The lowest BCUT2D eigenvalue weighted by Gasteiger charge is -2.26. The number of hydrogen-bond donors (Lipinski definition) is 0. The van der Waals surface area contributed by atoms with E-state index in [2.05, 4.69) is 121 Å². The predicted molar refractivity (Wildman–Crippen MR) is 142 cm³/mol. The van der Waals surface area contributed by atoms with Gasteiger partial charge in [-0.1, -0.05) is 121 Å². The molecule has 0 aliphatic carbocycles. The number of rotatable bonds is 10. The van der Waals surface area contributed by atoms with Gasteiger partial charge in [0.2, 0.25) is 0 Å². The van der Waals surface area contributed by atoms with Crippen molar-refractivity contribution >= 4 is 23.2 Å². The highest BCUT2D eigenvalue weighted by Gasteiger charge is 2.28. The topological polar surface area (TPSA) is 0 Å². The van der Waals surface area contributed by atoms with E-state index in [0.717, 1.165) is 25.7 Å². The molecular weight excluding hydrogens is 443 g/mol. The van der Waals surface area contributed by atoms with Crippen LogP contribution in [0.4, 0.5) is 0 Å². The lowest BCUT2D eigenvalue weighted by atomic mass is 9.84. The SMILES string of the molecule is ClC(Cl)(CCC(c1ccccc1)c1ccccc1)CCC(c1ccccc1)c1ccccc1. The molecule has 0 N–H and O–H groups in total.